The van der Waals surface area contributed by atoms with Crippen LogP contribution < -0.4 is 11.3 Å². The smallest absolute Gasteiger partial charge is 0.142 e. The molecule has 0 bridgehead atoms. The van der Waals surface area contributed by atoms with E-state index in [0.717, 1.165) is 10.2 Å². The van der Waals surface area contributed by atoms with E-state index >= 15 is 0 Å². The molecular formula is C13H12BrN5O. The topological polar surface area (TPSA) is 81.9 Å². The zero-order valence-corrected chi connectivity index (χ0v) is 12.0. The summed E-state index contributed by atoms with van der Waals surface area (Å²) in [5, 5.41) is 8.68. The van der Waals surface area contributed by atoms with Crippen molar-refractivity contribution in [3.05, 3.63) is 64.8 Å². The minimum atomic E-state index is -0.364. The molecule has 0 aliphatic rings. The minimum absolute atomic E-state index is 0.364. The molecule has 2 heterocycles. The van der Waals surface area contributed by atoms with Gasteiger partial charge in [0.15, 0.2) is 0 Å². The zero-order chi connectivity index (χ0) is 13.9. The molecule has 102 valence electrons. The van der Waals surface area contributed by atoms with Crippen LogP contribution in [-0.2, 0) is 0 Å². The number of halogens is 1. The van der Waals surface area contributed by atoms with Gasteiger partial charge in [-0.3, -0.25) is 5.84 Å². The van der Waals surface area contributed by atoms with Gasteiger partial charge in [0.1, 0.15) is 17.5 Å². The molecule has 7 heteroatoms. The number of benzene rings is 1. The summed E-state index contributed by atoms with van der Waals surface area (Å²) in [5.41, 5.74) is 4.24. The predicted octanol–water partition coefficient (Wildman–Crippen LogP) is 2.18. The first kappa shape index (κ1) is 13.0. The Labute approximate surface area is 123 Å². The summed E-state index contributed by atoms with van der Waals surface area (Å²) >= 11 is 3.41. The highest BCUT2D eigenvalue weighted by atomic mass is 79.9. The van der Waals surface area contributed by atoms with E-state index < -0.39 is 0 Å². The first-order valence-corrected chi connectivity index (χ1v) is 6.75. The van der Waals surface area contributed by atoms with Crippen molar-refractivity contribution in [2.24, 2.45) is 5.84 Å². The van der Waals surface area contributed by atoms with Crippen LogP contribution in [0.3, 0.4) is 0 Å². The molecule has 20 heavy (non-hydrogen) atoms. The first-order chi connectivity index (χ1) is 9.79. The van der Waals surface area contributed by atoms with Crippen LogP contribution in [0.15, 0.2) is 57.7 Å². The van der Waals surface area contributed by atoms with Gasteiger partial charge in [-0.2, -0.15) is 15.0 Å². The van der Waals surface area contributed by atoms with E-state index in [4.69, 9.17) is 10.3 Å². The lowest BCUT2D eigenvalue weighted by molar-refractivity contribution is 0.443. The number of para-hydroxylation sites is 1. The van der Waals surface area contributed by atoms with E-state index in [2.05, 4.69) is 31.6 Å². The third kappa shape index (κ3) is 2.38. The molecule has 0 amide bonds. The highest BCUT2D eigenvalue weighted by Gasteiger charge is 2.22. The van der Waals surface area contributed by atoms with E-state index in [0.29, 0.717) is 11.5 Å². The lowest BCUT2D eigenvalue weighted by Crippen LogP contribution is -2.29. The molecule has 2 aromatic heterocycles. The normalized spacial score (nSPS) is 12.5. The summed E-state index contributed by atoms with van der Waals surface area (Å²) in [4.78, 5) is 1.55. The monoisotopic (exact) mass is 333 g/mol. The van der Waals surface area contributed by atoms with Crippen molar-refractivity contribution in [3.8, 4) is 5.69 Å². The SMILES string of the molecule is NNC(c1cnn(-c2ccccc2)n1)c1occc1Br. The second kappa shape index (κ2) is 5.58. The Bertz CT molecular complexity index is 694. The lowest BCUT2D eigenvalue weighted by atomic mass is 10.2. The Morgan fingerprint density at radius 2 is 2.05 bits per heavy atom. The maximum atomic E-state index is 5.60. The van der Waals surface area contributed by atoms with Gasteiger partial charge in [-0.1, -0.05) is 18.2 Å². The maximum absolute atomic E-state index is 5.60. The summed E-state index contributed by atoms with van der Waals surface area (Å²) in [6.07, 6.45) is 3.25. The molecule has 0 saturated heterocycles. The van der Waals surface area contributed by atoms with Crippen molar-refractivity contribution >= 4 is 15.9 Å². The number of nitrogens with two attached hydrogens (primary N) is 1. The number of rotatable bonds is 4. The van der Waals surface area contributed by atoms with Crippen LogP contribution >= 0.6 is 15.9 Å². The fourth-order valence-corrected chi connectivity index (χ4v) is 2.33. The number of aromatic nitrogens is 3. The lowest BCUT2D eigenvalue weighted by Gasteiger charge is -2.10. The van der Waals surface area contributed by atoms with E-state index in [1.807, 2.05) is 30.3 Å². The number of hydrazine groups is 1. The quantitative estimate of drug-likeness (QED) is 0.564. The zero-order valence-electron chi connectivity index (χ0n) is 10.4. The Morgan fingerprint density at radius 1 is 1.25 bits per heavy atom. The molecule has 3 aromatic rings. The molecule has 1 atom stereocenters. The summed E-state index contributed by atoms with van der Waals surface area (Å²) < 4.78 is 6.25. The molecule has 0 aliphatic carbocycles. The molecule has 3 rings (SSSR count). The van der Waals surface area contributed by atoms with Gasteiger partial charge in [-0.05, 0) is 34.1 Å². The molecule has 0 aliphatic heterocycles. The minimum Gasteiger partial charge on any atom is -0.466 e. The van der Waals surface area contributed by atoms with E-state index in [-0.39, 0.29) is 6.04 Å². The second-order valence-corrected chi connectivity index (χ2v) is 4.98. The molecule has 0 saturated carbocycles. The average Bonchev–Trinajstić information content (AvgIpc) is 3.12. The number of hydrogen-bond acceptors (Lipinski definition) is 5. The van der Waals surface area contributed by atoms with Crippen molar-refractivity contribution in [2.45, 2.75) is 6.04 Å². The predicted molar refractivity (Wildman–Crippen MR) is 76.9 cm³/mol. The first-order valence-electron chi connectivity index (χ1n) is 5.96. The number of nitrogens with zero attached hydrogens (tertiary/aromatic N) is 3. The van der Waals surface area contributed by atoms with Crippen LogP contribution in [0.1, 0.15) is 17.5 Å². The summed E-state index contributed by atoms with van der Waals surface area (Å²) in [6.45, 7) is 0. The maximum Gasteiger partial charge on any atom is 0.142 e. The molecule has 0 radical (unpaired) electrons. The number of furan rings is 1. The molecule has 0 spiro atoms. The third-order valence-corrected chi connectivity index (χ3v) is 3.52. The Hall–Kier alpha value is -1.96. The highest BCUT2D eigenvalue weighted by Crippen LogP contribution is 2.27. The van der Waals surface area contributed by atoms with Crippen molar-refractivity contribution in [3.63, 3.8) is 0 Å². The van der Waals surface area contributed by atoms with Gasteiger partial charge in [0, 0.05) is 0 Å². The van der Waals surface area contributed by atoms with Crippen LogP contribution in [-0.4, -0.2) is 15.0 Å². The fraction of sp³-hybridized carbons (Fsp3) is 0.0769. The molecule has 3 N–H and O–H groups in total. The van der Waals surface area contributed by atoms with Crippen molar-refractivity contribution < 1.29 is 4.42 Å². The highest BCUT2D eigenvalue weighted by molar-refractivity contribution is 9.10. The summed E-state index contributed by atoms with van der Waals surface area (Å²) in [5.74, 6) is 6.26. The van der Waals surface area contributed by atoms with Crippen LogP contribution in [0.25, 0.3) is 5.69 Å². The van der Waals surface area contributed by atoms with Gasteiger partial charge in [0.05, 0.1) is 22.6 Å². The van der Waals surface area contributed by atoms with Gasteiger partial charge < -0.3 is 4.42 Å². The number of hydrogen-bond donors (Lipinski definition) is 2. The van der Waals surface area contributed by atoms with E-state index in [9.17, 15) is 0 Å². The molecular weight excluding hydrogens is 322 g/mol. The van der Waals surface area contributed by atoms with Crippen molar-refractivity contribution in [2.75, 3.05) is 0 Å². The second-order valence-electron chi connectivity index (χ2n) is 4.13. The third-order valence-electron chi connectivity index (χ3n) is 2.87. The van der Waals surface area contributed by atoms with E-state index in [1.165, 1.54) is 0 Å². The van der Waals surface area contributed by atoms with Crippen molar-refractivity contribution in [1.29, 1.82) is 0 Å². The molecule has 6 nitrogen and oxygen atoms in total. The van der Waals surface area contributed by atoms with Gasteiger partial charge in [0.2, 0.25) is 0 Å². The van der Waals surface area contributed by atoms with Gasteiger partial charge in [-0.25, -0.2) is 5.43 Å². The largest absolute Gasteiger partial charge is 0.466 e. The molecule has 0 fully saturated rings. The Morgan fingerprint density at radius 3 is 2.70 bits per heavy atom. The van der Waals surface area contributed by atoms with Crippen molar-refractivity contribution in [1.82, 2.24) is 20.4 Å². The Kier molecular flexibility index (Phi) is 3.64. The molecule has 1 unspecified atom stereocenters. The van der Waals surface area contributed by atoms with Crippen LogP contribution in [0.4, 0.5) is 0 Å². The van der Waals surface area contributed by atoms with Crippen LogP contribution in [0.5, 0.6) is 0 Å². The standard InChI is InChI=1S/C13H12BrN5O/c14-10-6-7-20-13(10)12(17-15)11-8-16-19(18-11)9-4-2-1-3-5-9/h1-8,12,17H,15H2. The van der Waals surface area contributed by atoms with E-state index in [1.54, 1.807) is 23.3 Å². The summed E-state index contributed by atoms with van der Waals surface area (Å²) in [7, 11) is 0. The van der Waals surface area contributed by atoms with Crippen LogP contribution in [0.2, 0.25) is 0 Å². The fourth-order valence-electron chi connectivity index (χ4n) is 1.90. The Balaban J connectivity index is 1.95. The van der Waals surface area contributed by atoms with Gasteiger partial charge in [0.25, 0.3) is 0 Å². The van der Waals surface area contributed by atoms with Crippen LogP contribution in [0, 0.1) is 0 Å². The van der Waals surface area contributed by atoms with Gasteiger partial charge >= 0.3 is 0 Å². The number of nitrogens with one attached hydrogen (secondary N) is 1. The average molecular weight is 334 g/mol. The van der Waals surface area contributed by atoms with Gasteiger partial charge in [-0.15, -0.1) is 0 Å². The summed E-state index contributed by atoms with van der Waals surface area (Å²) in [6, 6.07) is 11.1. The molecule has 1 aromatic carbocycles.